The van der Waals surface area contributed by atoms with Gasteiger partial charge in [-0.2, -0.15) is 8.15 Å². The molecule has 0 heterocycles. The maximum absolute atomic E-state index is 5.05. The van der Waals surface area contributed by atoms with Crippen LogP contribution >= 0.6 is 32.3 Å². The molecular weight excluding hydrogens is 222 g/mol. The summed E-state index contributed by atoms with van der Waals surface area (Å²) in [7, 11) is -1.56. The van der Waals surface area contributed by atoms with Gasteiger partial charge in [0.05, 0.1) is 30.3 Å². The van der Waals surface area contributed by atoms with Gasteiger partial charge in [-0.1, -0.05) is 13.8 Å². The lowest BCUT2D eigenvalue weighted by Crippen LogP contribution is -1.93. The number of rotatable bonds is 7. The van der Waals surface area contributed by atoms with Gasteiger partial charge in [0.15, 0.2) is 0 Å². The largest absolute Gasteiger partial charge is 0.368 e. The Kier molecular flexibility index (Phi) is 9.12. The van der Waals surface area contributed by atoms with E-state index in [0.29, 0.717) is 12.5 Å². The van der Waals surface area contributed by atoms with Crippen LogP contribution < -0.4 is 0 Å². The molecule has 0 atom stereocenters. The highest BCUT2D eigenvalue weighted by atomic mass is 35.5. The van der Waals surface area contributed by atoms with Crippen LogP contribution in [0, 0.1) is 5.92 Å². The van der Waals surface area contributed by atoms with Crippen molar-refractivity contribution in [2.45, 2.75) is 26.7 Å². The second kappa shape index (κ2) is 8.49. The normalized spacial score (nSPS) is 11.5. The summed E-state index contributed by atoms with van der Waals surface area (Å²) in [5.41, 5.74) is 0. The van der Waals surface area contributed by atoms with E-state index in [1.807, 2.05) is 0 Å². The first-order chi connectivity index (χ1) is 5.70. The minimum Gasteiger partial charge on any atom is -0.310 e. The molecule has 6 heteroatoms. The molecule has 0 radical (unpaired) electrons. The van der Waals surface area contributed by atoms with Gasteiger partial charge in [0.2, 0.25) is 0 Å². The maximum atomic E-state index is 5.05. The molecule has 0 aliphatic rings. The molecule has 0 spiro atoms. The summed E-state index contributed by atoms with van der Waals surface area (Å²) < 4.78 is 13.6. The highest BCUT2D eigenvalue weighted by molar-refractivity contribution is 7.43. The van der Waals surface area contributed by atoms with Crippen LogP contribution in [0.5, 0.6) is 0 Å². The SMILES string of the molecule is CC(C)CCCOP(OCl)OCl. The molecule has 0 rings (SSSR count). The maximum Gasteiger partial charge on any atom is 0.368 e. The van der Waals surface area contributed by atoms with Crippen LogP contribution in [0.1, 0.15) is 26.7 Å². The quantitative estimate of drug-likeness (QED) is 0.492. The summed E-state index contributed by atoms with van der Waals surface area (Å²) in [4.78, 5) is 0. The Hall–Kier alpha value is 0.890. The van der Waals surface area contributed by atoms with E-state index >= 15 is 0 Å². The average Bonchev–Trinajstić information content (AvgIpc) is 2.04. The molecule has 12 heavy (non-hydrogen) atoms. The molecule has 3 nitrogen and oxygen atoms in total. The zero-order chi connectivity index (χ0) is 9.40. The van der Waals surface area contributed by atoms with Crippen molar-refractivity contribution >= 4 is 32.3 Å². The second-order valence-electron chi connectivity index (χ2n) is 2.73. The van der Waals surface area contributed by atoms with Crippen LogP contribution in [0.3, 0.4) is 0 Å². The molecule has 0 fully saturated rings. The lowest BCUT2D eigenvalue weighted by atomic mass is 10.1. The van der Waals surface area contributed by atoms with Gasteiger partial charge in [-0.05, 0) is 18.8 Å². The van der Waals surface area contributed by atoms with E-state index in [9.17, 15) is 0 Å². The van der Waals surface area contributed by atoms with Gasteiger partial charge < -0.3 is 4.52 Å². The summed E-state index contributed by atoms with van der Waals surface area (Å²) in [5.74, 6) is 0.675. The van der Waals surface area contributed by atoms with Crippen molar-refractivity contribution in [3.05, 3.63) is 0 Å². The van der Waals surface area contributed by atoms with Crippen molar-refractivity contribution in [3.8, 4) is 0 Å². The fourth-order valence-electron chi connectivity index (χ4n) is 0.681. The molecule has 0 amide bonds. The average molecular weight is 235 g/mol. The van der Waals surface area contributed by atoms with E-state index in [2.05, 4.69) is 22.0 Å². The van der Waals surface area contributed by atoms with Gasteiger partial charge in [0.25, 0.3) is 0 Å². The Balaban J connectivity index is 3.17. The molecular formula is C6H13Cl2O3P. The third-order valence-electron chi connectivity index (χ3n) is 1.24. The van der Waals surface area contributed by atoms with Gasteiger partial charge in [-0.15, -0.1) is 0 Å². The van der Waals surface area contributed by atoms with Crippen LogP contribution in [0.2, 0.25) is 0 Å². The molecule has 0 N–H and O–H groups in total. The van der Waals surface area contributed by atoms with Gasteiger partial charge in [0.1, 0.15) is 0 Å². The van der Waals surface area contributed by atoms with Gasteiger partial charge >= 0.3 is 8.60 Å². The Morgan fingerprint density at radius 2 is 1.83 bits per heavy atom. The molecule has 0 aromatic rings. The molecule has 0 aliphatic carbocycles. The smallest absolute Gasteiger partial charge is 0.310 e. The van der Waals surface area contributed by atoms with E-state index in [-0.39, 0.29) is 0 Å². The standard InChI is InChI=1S/C6H13Cl2O3P/c1-6(2)4-3-5-9-12(10-7)11-8/h6H,3-5H2,1-2H3. The molecule has 0 aromatic heterocycles. The van der Waals surface area contributed by atoms with E-state index in [1.165, 1.54) is 0 Å². The highest BCUT2D eigenvalue weighted by Crippen LogP contribution is 2.42. The summed E-state index contributed by atoms with van der Waals surface area (Å²) in [6.45, 7) is 4.86. The first kappa shape index (κ1) is 12.9. The van der Waals surface area contributed by atoms with Crippen molar-refractivity contribution < 1.29 is 12.7 Å². The number of hydrogen-bond acceptors (Lipinski definition) is 3. The molecule has 0 saturated heterocycles. The molecule has 0 bridgehead atoms. The molecule has 0 aliphatic heterocycles. The zero-order valence-corrected chi connectivity index (χ0v) is 9.53. The molecule has 0 aromatic carbocycles. The minimum absolute atomic E-state index is 0.559. The van der Waals surface area contributed by atoms with Crippen LogP contribution in [-0.4, -0.2) is 6.61 Å². The fourth-order valence-corrected chi connectivity index (χ4v) is 1.55. The molecule has 0 saturated carbocycles. The zero-order valence-electron chi connectivity index (χ0n) is 7.13. The van der Waals surface area contributed by atoms with E-state index < -0.39 is 8.60 Å². The lowest BCUT2D eigenvalue weighted by molar-refractivity contribution is 0.263. The number of hydrogen-bond donors (Lipinski definition) is 0. The van der Waals surface area contributed by atoms with E-state index in [0.717, 1.165) is 12.8 Å². The van der Waals surface area contributed by atoms with E-state index in [4.69, 9.17) is 28.3 Å². The Morgan fingerprint density at radius 1 is 1.25 bits per heavy atom. The van der Waals surface area contributed by atoms with Gasteiger partial charge in [-0.3, -0.25) is 0 Å². The van der Waals surface area contributed by atoms with Crippen molar-refractivity contribution in [2.24, 2.45) is 5.92 Å². The third-order valence-corrected chi connectivity index (χ3v) is 2.53. The highest BCUT2D eigenvalue weighted by Gasteiger charge is 2.10. The van der Waals surface area contributed by atoms with Gasteiger partial charge in [0, 0.05) is 0 Å². The topological polar surface area (TPSA) is 27.7 Å². The summed E-state index contributed by atoms with van der Waals surface area (Å²) in [6, 6.07) is 0. The van der Waals surface area contributed by atoms with Crippen molar-refractivity contribution in [3.63, 3.8) is 0 Å². The fraction of sp³-hybridized carbons (Fsp3) is 1.00. The minimum atomic E-state index is -1.56. The van der Waals surface area contributed by atoms with Crippen LogP contribution in [-0.2, 0) is 12.7 Å². The molecule has 74 valence electrons. The first-order valence-electron chi connectivity index (χ1n) is 3.71. The van der Waals surface area contributed by atoms with Crippen molar-refractivity contribution in [1.82, 2.24) is 0 Å². The first-order valence-corrected chi connectivity index (χ1v) is 5.42. The Labute approximate surface area is 84.6 Å². The summed E-state index contributed by atoms with van der Waals surface area (Å²) >= 11 is 10.0. The van der Waals surface area contributed by atoms with Crippen molar-refractivity contribution in [2.75, 3.05) is 6.61 Å². The number of halogens is 2. The van der Waals surface area contributed by atoms with Crippen LogP contribution in [0.25, 0.3) is 0 Å². The van der Waals surface area contributed by atoms with Crippen LogP contribution in [0.15, 0.2) is 0 Å². The van der Waals surface area contributed by atoms with E-state index in [1.54, 1.807) is 0 Å². The predicted octanol–water partition coefficient (Wildman–Crippen LogP) is 4.01. The summed E-state index contributed by atoms with van der Waals surface area (Å²) in [5, 5.41) is 0. The Bertz CT molecular complexity index is 101. The van der Waals surface area contributed by atoms with Crippen LogP contribution in [0.4, 0.5) is 0 Å². The predicted molar refractivity (Wildman–Crippen MR) is 50.8 cm³/mol. The Morgan fingerprint density at radius 3 is 2.25 bits per heavy atom. The van der Waals surface area contributed by atoms with Crippen molar-refractivity contribution in [1.29, 1.82) is 0 Å². The molecule has 0 unspecified atom stereocenters. The third kappa shape index (κ3) is 7.53. The monoisotopic (exact) mass is 234 g/mol. The van der Waals surface area contributed by atoms with Gasteiger partial charge in [-0.25, -0.2) is 0 Å². The lowest BCUT2D eigenvalue weighted by Gasteiger charge is -2.08. The second-order valence-corrected chi connectivity index (χ2v) is 4.54. The summed E-state index contributed by atoms with van der Waals surface area (Å²) in [6.07, 6.45) is 2.06.